The molecule has 0 aromatic heterocycles. The molecule has 2 heteroatoms. The van der Waals surface area contributed by atoms with Crippen LogP contribution in [0.5, 0.6) is 0 Å². The Morgan fingerprint density at radius 1 is 1.19 bits per heavy atom. The number of thiocarbonyl (C=S) groups is 1. The van der Waals surface area contributed by atoms with Crippen LogP contribution < -0.4 is 0 Å². The molecule has 0 saturated heterocycles. The van der Waals surface area contributed by atoms with Crippen LogP contribution in [0.3, 0.4) is 0 Å². The van der Waals surface area contributed by atoms with E-state index in [9.17, 15) is 0 Å². The van der Waals surface area contributed by atoms with Crippen LogP contribution in [0.15, 0.2) is 0 Å². The lowest BCUT2D eigenvalue weighted by Crippen LogP contribution is -2.35. The first-order valence-electron chi connectivity index (χ1n) is 6.55. The van der Waals surface area contributed by atoms with E-state index >= 15 is 0 Å². The highest BCUT2D eigenvalue weighted by Gasteiger charge is 2.35. The van der Waals surface area contributed by atoms with Crippen LogP contribution >= 0.6 is 12.2 Å². The summed E-state index contributed by atoms with van der Waals surface area (Å²) in [5.74, 6) is 3.58. The van der Waals surface area contributed by atoms with Gasteiger partial charge in [0, 0.05) is 5.92 Å². The van der Waals surface area contributed by atoms with Crippen LogP contribution in [-0.4, -0.2) is 12.2 Å². The van der Waals surface area contributed by atoms with Crippen LogP contribution in [0.1, 0.15) is 47.0 Å². The van der Waals surface area contributed by atoms with Crippen molar-refractivity contribution in [1.82, 2.24) is 0 Å². The Labute approximate surface area is 106 Å². The van der Waals surface area contributed by atoms with Gasteiger partial charge in [-0.25, -0.2) is 0 Å². The predicted octanol–water partition coefficient (Wildman–Crippen LogP) is 4.30. The predicted molar refractivity (Wildman–Crippen MR) is 73.6 cm³/mol. The van der Waals surface area contributed by atoms with Gasteiger partial charge < -0.3 is 4.74 Å². The molecule has 1 aliphatic carbocycles. The van der Waals surface area contributed by atoms with E-state index in [1.54, 1.807) is 7.11 Å². The number of rotatable bonds is 3. The van der Waals surface area contributed by atoms with E-state index in [1.165, 1.54) is 19.3 Å². The van der Waals surface area contributed by atoms with E-state index in [0.717, 1.165) is 28.7 Å². The Balaban J connectivity index is 2.74. The van der Waals surface area contributed by atoms with Crippen LogP contribution in [0, 0.1) is 29.6 Å². The van der Waals surface area contributed by atoms with Crippen molar-refractivity contribution in [1.29, 1.82) is 0 Å². The molecule has 1 saturated carbocycles. The van der Waals surface area contributed by atoms with Crippen molar-refractivity contribution in [2.45, 2.75) is 47.0 Å². The molecule has 94 valence electrons. The molecular formula is C14H26OS. The Morgan fingerprint density at radius 3 is 2.31 bits per heavy atom. The number of hydrogen-bond acceptors (Lipinski definition) is 2. The van der Waals surface area contributed by atoms with Gasteiger partial charge in [-0.15, -0.1) is 0 Å². The zero-order chi connectivity index (χ0) is 12.3. The monoisotopic (exact) mass is 242 g/mol. The average Bonchev–Trinajstić information content (AvgIpc) is 2.26. The number of hydrogen-bond donors (Lipinski definition) is 0. The van der Waals surface area contributed by atoms with Crippen molar-refractivity contribution in [2.24, 2.45) is 29.6 Å². The highest BCUT2D eigenvalue weighted by atomic mass is 32.1. The van der Waals surface area contributed by atoms with Crippen molar-refractivity contribution in [2.75, 3.05) is 7.11 Å². The summed E-state index contributed by atoms with van der Waals surface area (Å²) in [6.45, 7) is 9.29. The van der Waals surface area contributed by atoms with Gasteiger partial charge in [0.15, 0.2) is 5.05 Å². The van der Waals surface area contributed by atoms with Gasteiger partial charge in [0.25, 0.3) is 0 Å². The largest absolute Gasteiger partial charge is 0.490 e. The summed E-state index contributed by atoms with van der Waals surface area (Å²) in [6, 6.07) is 0. The zero-order valence-corrected chi connectivity index (χ0v) is 12.1. The Hall–Kier alpha value is -0.110. The minimum Gasteiger partial charge on any atom is -0.490 e. The van der Waals surface area contributed by atoms with E-state index in [1.807, 2.05) is 0 Å². The molecule has 1 rings (SSSR count). The SMILES string of the molecule is COC(=S)C(C)C1CC(C)CCC1C(C)C. The standard InChI is InChI=1S/C14H26OS/c1-9(2)12-7-6-10(3)8-13(12)11(4)14(16)15-5/h9-13H,6-8H2,1-5H3. The molecule has 1 fully saturated rings. The molecule has 16 heavy (non-hydrogen) atoms. The van der Waals surface area contributed by atoms with Crippen molar-refractivity contribution in [3.63, 3.8) is 0 Å². The second kappa shape index (κ2) is 6.00. The highest BCUT2D eigenvalue weighted by molar-refractivity contribution is 7.80. The van der Waals surface area contributed by atoms with Crippen molar-refractivity contribution in [3.8, 4) is 0 Å². The fourth-order valence-corrected chi connectivity index (χ4v) is 3.39. The topological polar surface area (TPSA) is 9.23 Å². The molecule has 4 unspecified atom stereocenters. The summed E-state index contributed by atoms with van der Waals surface area (Å²) in [6.07, 6.45) is 4.06. The fraction of sp³-hybridized carbons (Fsp3) is 0.929. The van der Waals surface area contributed by atoms with Gasteiger partial charge in [-0.3, -0.25) is 0 Å². The first-order valence-corrected chi connectivity index (χ1v) is 6.96. The maximum absolute atomic E-state index is 5.31. The lowest BCUT2D eigenvalue weighted by Gasteiger charge is -2.40. The third-order valence-electron chi connectivity index (χ3n) is 4.29. The van der Waals surface area contributed by atoms with Crippen molar-refractivity contribution in [3.05, 3.63) is 0 Å². The molecular weight excluding hydrogens is 216 g/mol. The molecule has 4 atom stereocenters. The van der Waals surface area contributed by atoms with Crippen molar-refractivity contribution < 1.29 is 4.74 Å². The van der Waals surface area contributed by atoms with E-state index in [2.05, 4.69) is 27.7 Å². The van der Waals surface area contributed by atoms with Gasteiger partial charge >= 0.3 is 0 Å². The summed E-state index contributed by atoms with van der Waals surface area (Å²) in [7, 11) is 1.70. The maximum atomic E-state index is 5.31. The minimum absolute atomic E-state index is 0.426. The van der Waals surface area contributed by atoms with Gasteiger partial charge in [0.05, 0.1) is 7.11 Å². The fourth-order valence-electron chi connectivity index (χ4n) is 3.21. The second-order valence-electron chi connectivity index (χ2n) is 5.80. The lowest BCUT2D eigenvalue weighted by molar-refractivity contribution is 0.115. The Bertz CT molecular complexity index is 237. The van der Waals surface area contributed by atoms with Gasteiger partial charge in [-0.1, -0.05) is 34.1 Å². The molecule has 0 heterocycles. The molecule has 0 spiro atoms. The second-order valence-corrected chi connectivity index (χ2v) is 6.20. The highest BCUT2D eigenvalue weighted by Crippen LogP contribution is 2.42. The number of ether oxygens (including phenoxy) is 1. The quantitative estimate of drug-likeness (QED) is 0.682. The summed E-state index contributed by atoms with van der Waals surface area (Å²) in [4.78, 5) is 0. The first kappa shape index (κ1) is 14.0. The van der Waals surface area contributed by atoms with Crippen LogP contribution in [0.4, 0.5) is 0 Å². The van der Waals surface area contributed by atoms with Gasteiger partial charge in [0.2, 0.25) is 0 Å². The van der Waals surface area contributed by atoms with Crippen molar-refractivity contribution >= 4 is 17.3 Å². The van der Waals surface area contributed by atoms with E-state index in [-0.39, 0.29) is 0 Å². The summed E-state index contributed by atoms with van der Waals surface area (Å²) >= 11 is 5.31. The normalized spacial score (nSPS) is 32.5. The molecule has 0 aliphatic heterocycles. The maximum Gasteiger partial charge on any atom is 0.162 e. The molecule has 0 aromatic rings. The molecule has 0 amide bonds. The van der Waals surface area contributed by atoms with Crippen LogP contribution in [0.2, 0.25) is 0 Å². The van der Waals surface area contributed by atoms with E-state index < -0.39 is 0 Å². The van der Waals surface area contributed by atoms with Gasteiger partial charge in [0.1, 0.15) is 0 Å². The summed E-state index contributed by atoms with van der Waals surface area (Å²) < 4.78 is 5.26. The molecule has 0 radical (unpaired) electrons. The third kappa shape index (κ3) is 3.19. The third-order valence-corrected chi connectivity index (χ3v) is 4.83. The van der Waals surface area contributed by atoms with E-state index in [4.69, 9.17) is 17.0 Å². The van der Waals surface area contributed by atoms with Crippen LogP contribution in [-0.2, 0) is 4.74 Å². The molecule has 1 aliphatic rings. The van der Waals surface area contributed by atoms with Gasteiger partial charge in [-0.05, 0) is 48.7 Å². The molecule has 0 N–H and O–H groups in total. The van der Waals surface area contributed by atoms with E-state index in [0.29, 0.717) is 5.92 Å². The first-order chi connectivity index (χ1) is 7.47. The average molecular weight is 242 g/mol. The Kier molecular flexibility index (Phi) is 5.23. The minimum atomic E-state index is 0.426. The molecule has 0 aromatic carbocycles. The zero-order valence-electron chi connectivity index (χ0n) is 11.3. The summed E-state index contributed by atoms with van der Waals surface area (Å²) in [5.41, 5.74) is 0. The summed E-state index contributed by atoms with van der Waals surface area (Å²) in [5, 5.41) is 0.796. The molecule has 1 nitrogen and oxygen atoms in total. The molecule has 0 bridgehead atoms. The smallest absolute Gasteiger partial charge is 0.162 e. The number of methoxy groups -OCH3 is 1. The van der Waals surface area contributed by atoms with Gasteiger partial charge in [-0.2, -0.15) is 0 Å². The Morgan fingerprint density at radius 2 is 1.81 bits per heavy atom. The lowest BCUT2D eigenvalue weighted by atomic mass is 9.66. The van der Waals surface area contributed by atoms with Crippen LogP contribution in [0.25, 0.3) is 0 Å².